The Morgan fingerprint density at radius 2 is 1.59 bits per heavy atom. The van der Waals surface area contributed by atoms with E-state index in [1.165, 1.54) is 50.6 Å². The lowest BCUT2D eigenvalue weighted by Gasteiger charge is -2.21. The highest BCUT2D eigenvalue weighted by molar-refractivity contribution is 7.93. The zero-order valence-electron chi connectivity index (χ0n) is 19.5. The van der Waals surface area contributed by atoms with Gasteiger partial charge in [-0.3, -0.25) is 4.79 Å². The van der Waals surface area contributed by atoms with E-state index in [0.717, 1.165) is 9.87 Å². The quantitative estimate of drug-likeness (QED) is 0.407. The third-order valence-corrected chi connectivity index (χ3v) is 6.71. The van der Waals surface area contributed by atoms with Crippen LogP contribution in [0, 0.1) is 6.92 Å². The Morgan fingerprint density at radius 3 is 2.18 bits per heavy atom. The summed E-state index contributed by atoms with van der Waals surface area (Å²) in [6.45, 7) is 4.21. The molecule has 0 aliphatic carbocycles. The molecule has 0 aliphatic heterocycles. The number of carbonyl (C=O) groups excluding carboxylic acids is 1. The van der Waals surface area contributed by atoms with Gasteiger partial charge >= 0.3 is 0 Å². The van der Waals surface area contributed by atoms with Crippen LogP contribution in [0.25, 0.3) is 6.08 Å². The number of carbonyl (C=O) groups is 1. The van der Waals surface area contributed by atoms with Crippen LogP contribution in [0.2, 0.25) is 0 Å². The van der Waals surface area contributed by atoms with Crippen molar-refractivity contribution in [3.63, 3.8) is 0 Å². The molecule has 3 aromatic rings. The van der Waals surface area contributed by atoms with Crippen molar-refractivity contribution in [3.8, 4) is 17.2 Å². The molecule has 0 spiro atoms. The lowest BCUT2D eigenvalue weighted by Crippen LogP contribution is -2.35. The standard InChI is InChI=1S/C26H27NO6S/c1-5-33-24-16-8-20(18-25(24)32-4)9-17-26(28)27(21-10-12-22(31-3)13-11-21)34(29,30)23-14-6-19(2)7-15-23/h6-18H,5H2,1-4H3. The zero-order chi connectivity index (χ0) is 24.7. The van der Waals surface area contributed by atoms with Gasteiger partial charge in [-0.15, -0.1) is 0 Å². The van der Waals surface area contributed by atoms with E-state index in [4.69, 9.17) is 14.2 Å². The number of sulfonamides is 1. The van der Waals surface area contributed by atoms with Crippen LogP contribution in [0.5, 0.6) is 17.2 Å². The largest absolute Gasteiger partial charge is 0.497 e. The lowest BCUT2D eigenvalue weighted by molar-refractivity contribution is -0.113. The van der Waals surface area contributed by atoms with Gasteiger partial charge in [0.2, 0.25) is 0 Å². The SMILES string of the molecule is CCOc1ccc(C=CC(=O)N(c2ccc(OC)cc2)S(=O)(=O)c2ccc(C)cc2)cc1OC. The lowest BCUT2D eigenvalue weighted by atomic mass is 10.2. The van der Waals surface area contributed by atoms with Crippen molar-refractivity contribution >= 4 is 27.7 Å². The maximum Gasteiger partial charge on any atom is 0.271 e. The number of ether oxygens (including phenoxy) is 3. The molecule has 0 unspecified atom stereocenters. The summed E-state index contributed by atoms with van der Waals surface area (Å²) < 4.78 is 43.7. The van der Waals surface area contributed by atoms with Gasteiger partial charge in [-0.2, -0.15) is 4.31 Å². The maximum atomic E-state index is 13.5. The van der Waals surface area contributed by atoms with Crippen LogP contribution in [0.3, 0.4) is 0 Å². The molecule has 0 saturated carbocycles. The second-order valence-electron chi connectivity index (χ2n) is 7.30. The molecule has 0 aliphatic rings. The van der Waals surface area contributed by atoms with Crippen LogP contribution in [0.4, 0.5) is 5.69 Å². The first-order chi connectivity index (χ1) is 16.3. The van der Waals surface area contributed by atoms with E-state index >= 15 is 0 Å². The average Bonchev–Trinajstić information content (AvgIpc) is 2.84. The molecule has 178 valence electrons. The van der Waals surface area contributed by atoms with Gasteiger partial charge < -0.3 is 14.2 Å². The summed E-state index contributed by atoms with van der Waals surface area (Å²) in [6, 6.07) is 17.8. The minimum Gasteiger partial charge on any atom is -0.497 e. The summed E-state index contributed by atoms with van der Waals surface area (Å²) in [7, 11) is -1.14. The molecule has 0 aromatic heterocycles. The first-order valence-electron chi connectivity index (χ1n) is 10.6. The molecule has 3 rings (SSSR count). The van der Waals surface area contributed by atoms with Crippen molar-refractivity contribution in [1.29, 1.82) is 0 Å². The molecule has 0 fully saturated rings. The third kappa shape index (κ3) is 5.58. The van der Waals surface area contributed by atoms with E-state index in [1.54, 1.807) is 42.5 Å². The van der Waals surface area contributed by atoms with Crippen molar-refractivity contribution in [2.45, 2.75) is 18.7 Å². The highest BCUT2D eigenvalue weighted by Gasteiger charge is 2.29. The fraction of sp³-hybridized carbons (Fsp3) is 0.192. The molecule has 0 saturated heterocycles. The third-order valence-electron chi connectivity index (χ3n) is 4.97. The van der Waals surface area contributed by atoms with Crippen LogP contribution in [-0.2, 0) is 14.8 Å². The number of hydrogen-bond acceptors (Lipinski definition) is 6. The van der Waals surface area contributed by atoms with E-state index in [9.17, 15) is 13.2 Å². The summed E-state index contributed by atoms with van der Waals surface area (Å²) in [5.41, 5.74) is 1.75. The van der Waals surface area contributed by atoms with Crippen LogP contribution in [0.15, 0.2) is 77.7 Å². The second kappa shape index (κ2) is 10.9. The van der Waals surface area contributed by atoms with Gasteiger partial charge in [0.1, 0.15) is 5.75 Å². The van der Waals surface area contributed by atoms with Crippen LogP contribution in [0.1, 0.15) is 18.1 Å². The van der Waals surface area contributed by atoms with Crippen LogP contribution in [-0.4, -0.2) is 35.2 Å². The molecule has 0 atom stereocenters. The van der Waals surface area contributed by atoms with E-state index in [1.807, 2.05) is 13.8 Å². The predicted molar refractivity (Wildman–Crippen MR) is 132 cm³/mol. The predicted octanol–water partition coefficient (Wildman–Crippen LogP) is 4.85. The maximum absolute atomic E-state index is 13.5. The van der Waals surface area contributed by atoms with Crippen molar-refractivity contribution in [2.75, 3.05) is 25.1 Å². The summed E-state index contributed by atoms with van der Waals surface area (Å²) in [4.78, 5) is 13.3. The molecular weight excluding hydrogens is 454 g/mol. The van der Waals surface area contributed by atoms with Crippen molar-refractivity contribution in [3.05, 3.63) is 83.9 Å². The van der Waals surface area contributed by atoms with Gasteiger partial charge in [0.15, 0.2) is 11.5 Å². The number of amides is 1. The normalized spacial score (nSPS) is 11.3. The molecule has 0 bridgehead atoms. The molecule has 0 N–H and O–H groups in total. The first kappa shape index (κ1) is 24.9. The number of hydrogen-bond donors (Lipinski definition) is 0. The number of rotatable bonds is 9. The van der Waals surface area contributed by atoms with E-state index < -0.39 is 15.9 Å². The van der Waals surface area contributed by atoms with Crippen molar-refractivity contribution in [1.82, 2.24) is 0 Å². The summed E-state index contributed by atoms with van der Waals surface area (Å²) in [5.74, 6) is 0.908. The van der Waals surface area contributed by atoms with Gasteiger partial charge in [-0.05, 0) is 74.0 Å². The molecule has 1 amide bonds. The average molecular weight is 482 g/mol. The van der Waals surface area contributed by atoms with Crippen molar-refractivity contribution in [2.24, 2.45) is 0 Å². The number of aryl methyl sites for hydroxylation is 1. The molecular formula is C26H27NO6S. The fourth-order valence-corrected chi connectivity index (χ4v) is 4.60. The minimum absolute atomic E-state index is 0.0124. The summed E-state index contributed by atoms with van der Waals surface area (Å²) in [5, 5.41) is 0. The smallest absolute Gasteiger partial charge is 0.271 e. The minimum atomic E-state index is -4.17. The van der Waals surface area contributed by atoms with E-state index in [0.29, 0.717) is 29.4 Å². The Bertz CT molecular complexity index is 1270. The second-order valence-corrected chi connectivity index (χ2v) is 9.08. The van der Waals surface area contributed by atoms with Crippen molar-refractivity contribution < 1.29 is 27.4 Å². The Balaban J connectivity index is 2.00. The topological polar surface area (TPSA) is 82.1 Å². The first-order valence-corrected chi connectivity index (χ1v) is 12.0. The number of methoxy groups -OCH3 is 2. The molecule has 3 aromatic carbocycles. The van der Waals surface area contributed by atoms with E-state index in [2.05, 4.69) is 0 Å². The van der Waals surface area contributed by atoms with Gasteiger partial charge in [-0.25, -0.2) is 8.42 Å². The number of nitrogens with zero attached hydrogens (tertiary/aromatic N) is 1. The van der Waals surface area contributed by atoms with E-state index in [-0.39, 0.29) is 10.6 Å². The monoisotopic (exact) mass is 481 g/mol. The molecule has 0 heterocycles. The highest BCUT2D eigenvalue weighted by Crippen LogP contribution is 2.29. The Hall–Kier alpha value is -3.78. The number of benzene rings is 3. The highest BCUT2D eigenvalue weighted by atomic mass is 32.2. The molecule has 34 heavy (non-hydrogen) atoms. The van der Waals surface area contributed by atoms with Crippen LogP contribution < -0.4 is 18.5 Å². The Labute approximate surface area is 200 Å². The fourth-order valence-electron chi connectivity index (χ4n) is 3.22. The van der Waals surface area contributed by atoms with Gasteiger partial charge in [0.05, 0.1) is 31.4 Å². The van der Waals surface area contributed by atoms with Gasteiger partial charge in [0.25, 0.3) is 15.9 Å². The van der Waals surface area contributed by atoms with Gasteiger partial charge in [0, 0.05) is 6.08 Å². The van der Waals surface area contributed by atoms with Gasteiger partial charge in [-0.1, -0.05) is 23.8 Å². The zero-order valence-corrected chi connectivity index (χ0v) is 20.3. The molecule has 8 heteroatoms. The van der Waals surface area contributed by atoms with Crippen LogP contribution >= 0.6 is 0 Å². The molecule has 0 radical (unpaired) electrons. The summed E-state index contributed by atoms with van der Waals surface area (Å²) in [6.07, 6.45) is 2.74. The Kier molecular flexibility index (Phi) is 7.96. The molecule has 7 nitrogen and oxygen atoms in total. The summed E-state index contributed by atoms with van der Waals surface area (Å²) >= 11 is 0. The number of anilines is 1. The Morgan fingerprint density at radius 1 is 0.912 bits per heavy atom.